The van der Waals surface area contributed by atoms with Gasteiger partial charge >= 0.3 is 0 Å². The van der Waals surface area contributed by atoms with Gasteiger partial charge in [-0.15, -0.1) is 0 Å². The van der Waals surface area contributed by atoms with Crippen molar-refractivity contribution in [2.45, 2.75) is 26.0 Å². The molecule has 2 aromatic rings. The number of rotatable bonds is 5. The van der Waals surface area contributed by atoms with Crippen molar-refractivity contribution in [3.05, 3.63) is 62.5 Å². The van der Waals surface area contributed by atoms with Gasteiger partial charge in [0.15, 0.2) is 6.23 Å². The Morgan fingerprint density at radius 3 is 2.04 bits per heavy atom. The Morgan fingerprint density at radius 1 is 1.00 bits per heavy atom. The summed E-state index contributed by atoms with van der Waals surface area (Å²) in [5.74, 6) is -0.0162. The Bertz CT molecular complexity index is 751. The van der Waals surface area contributed by atoms with Crippen LogP contribution in [-0.2, 0) is 0 Å². The lowest BCUT2D eigenvalue weighted by Crippen LogP contribution is -2.43. The molecule has 1 atom stereocenters. The fourth-order valence-corrected chi connectivity index (χ4v) is 3.96. The van der Waals surface area contributed by atoms with Crippen LogP contribution in [0.25, 0.3) is 0 Å². The molecule has 0 aliphatic carbocycles. The number of hydrogen-bond acceptors (Lipinski definition) is 3. The molecular formula is C18H15Br2NO3. The van der Waals surface area contributed by atoms with Crippen LogP contribution in [0.15, 0.2) is 51.4 Å². The summed E-state index contributed by atoms with van der Waals surface area (Å²) in [5, 5.41) is 0. The second kappa shape index (κ2) is 7.07. The first-order valence-corrected chi connectivity index (χ1v) is 9.19. The van der Waals surface area contributed by atoms with Crippen molar-refractivity contribution in [2.75, 3.05) is 0 Å². The zero-order valence-corrected chi connectivity index (χ0v) is 16.1. The molecule has 1 heterocycles. The third-order valence-electron chi connectivity index (χ3n) is 3.76. The summed E-state index contributed by atoms with van der Waals surface area (Å²) in [6, 6.07) is 12.4. The van der Waals surface area contributed by atoms with Gasteiger partial charge in [-0.05, 0) is 30.3 Å². The van der Waals surface area contributed by atoms with Crippen molar-refractivity contribution in [3.63, 3.8) is 0 Å². The minimum atomic E-state index is -0.636. The number of amides is 2. The number of nitrogens with zero attached hydrogens (tertiary/aromatic N) is 1. The Hall–Kier alpha value is -1.66. The van der Waals surface area contributed by atoms with Gasteiger partial charge in [-0.1, -0.05) is 57.3 Å². The summed E-state index contributed by atoms with van der Waals surface area (Å²) in [4.78, 5) is 26.5. The molecule has 2 aromatic carbocycles. The van der Waals surface area contributed by atoms with E-state index in [0.717, 1.165) is 15.4 Å². The Kier molecular flexibility index (Phi) is 5.06. The Labute approximate surface area is 157 Å². The van der Waals surface area contributed by atoms with Gasteiger partial charge in [0, 0.05) is 15.4 Å². The van der Waals surface area contributed by atoms with Gasteiger partial charge in [-0.2, -0.15) is 0 Å². The number of imide groups is 1. The van der Waals surface area contributed by atoms with E-state index in [2.05, 4.69) is 31.9 Å². The number of carbonyl (C=O) groups excluding carboxylic acids is 2. The largest absolute Gasteiger partial charge is 0.470 e. The SMILES string of the molecule is CCCC(Oc1cc(Br)cc(Br)c1)N1C(=O)c2ccccc2C1=O. The van der Waals surface area contributed by atoms with Crippen molar-refractivity contribution in [2.24, 2.45) is 0 Å². The topological polar surface area (TPSA) is 46.6 Å². The van der Waals surface area contributed by atoms with E-state index in [9.17, 15) is 9.59 Å². The van der Waals surface area contributed by atoms with Crippen molar-refractivity contribution in [3.8, 4) is 5.75 Å². The molecule has 4 nitrogen and oxygen atoms in total. The van der Waals surface area contributed by atoms with Gasteiger partial charge in [0.05, 0.1) is 11.1 Å². The summed E-state index contributed by atoms with van der Waals surface area (Å²) >= 11 is 6.83. The normalized spacial score (nSPS) is 14.7. The van der Waals surface area contributed by atoms with Crippen molar-refractivity contribution in [1.29, 1.82) is 0 Å². The highest BCUT2D eigenvalue weighted by Crippen LogP contribution is 2.30. The molecule has 1 unspecified atom stereocenters. The van der Waals surface area contributed by atoms with Gasteiger partial charge in [-0.25, -0.2) is 4.90 Å². The van der Waals surface area contributed by atoms with Crippen molar-refractivity contribution < 1.29 is 14.3 Å². The van der Waals surface area contributed by atoms with Crippen LogP contribution < -0.4 is 4.74 Å². The molecule has 0 aromatic heterocycles. The molecule has 24 heavy (non-hydrogen) atoms. The Morgan fingerprint density at radius 2 is 1.54 bits per heavy atom. The van der Waals surface area contributed by atoms with Gasteiger partial charge in [0.1, 0.15) is 5.75 Å². The summed E-state index contributed by atoms with van der Waals surface area (Å²) in [5.41, 5.74) is 0.866. The number of fused-ring (bicyclic) bond motifs is 1. The molecule has 1 aliphatic rings. The molecule has 0 N–H and O–H groups in total. The number of benzene rings is 2. The molecule has 0 fully saturated rings. The average molecular weight is 453 g/mol. The van der Waals surface area contributed by atoms with E-state index < -0.39 is 6.23 Å². The van der Waals surface area contributed by atoms with Crippen molar-refractivity contribution >= 4 is 43.7 Å². The van der Waals surface area contributed by atoms with E-state index in [1.165, 1.54) is 4.90 Å². The van der Waals surface area contributed by atoms with Crippen LogP contribution in [0.3, 0.4) is 0 Å². The van der Waals surface area contributed by atoms with Crippen LogP contribution in [0.5, 0.6) is 5.75 Å². The number of hydrogen-bond donors (Lipinski definition) is 0. The molecule has 2 amide bonds. The number of halogens is 2. The predicted molar refractivity (Wildman–Crippen MR) is 98.1 cm³/mol. The van der Waals surface area contributed by atoms with Gasteiger partial charge < -0.3 is 4.74 Å². The highest BCUT2D eigenvalue weighted by atomic mass is 79.9. The van der Waals surface area contributed by atoms with E-state index in [1.54, 1.807) is 24.3 Å². The smallest absolute Gasteiger partial charge is 0.264 e. The first-order valence-electron chi connectivity index (χ1n) is 7.61. The highest BCUT2D eigenvalue weighted by Gasteiger charge is 2.40. The maximum Gasteiger partial charge on any atom is 0.264 e. The van der Waals surface area contributed by atoms with Crippen LogP contribution in [0.1, 0.15) is 40.5 Å². The first-order chi connectivity index (χ1) is 11.5. The maximum absolute atomic E-state index is 12.7. The standard InChI is InChI=1S/C18H15Br2NO3/c1-2-5-16(24-13-9-11(19)8-12(20)10-13)21-17(22)14-6-3-4-7-15(14)18(21)23/h3-4,6-10,16H,2,5H2,1H3. The molecule has 124 valence electrons. The average Bonchev–Trinajstić information content (AvgIpc) is 2.78. The third-order valence-corrected chi connectivity index (χ3v) is 4.67. The molecule has 0 spiro atoms. The molecule has 0 radical (unpaired) electrons. The quantitative estimate of drug-likeness (QED) is 0.599. The van der Waals surface area contributed by atoms with Gasteiger partial charge in [0.25, 0.3) is 11.8 Å². The first kappa shape index (κ1) is 17.2. The second-order valence-electron chi connectivity index (χ2n) is 5.49. The minimum Gasteiger partial charge on any atom is -0.470 e. The van der Waals surface area contributed by atoms with E-state index >= 15 is 0 Å². The zero-order valence-electron chi connectivity index (χ0n) is 13.0. The molecule has 1 aliphatic heterocycles. The van der Waals surface area contributed by atoms with Crippen LogP contribution in [-0.4, -0.2) is 22.9 Å². The fourth-order valence-electron chi connectivity index (χ4n) is 2.71. The van der Waals surface area contributed by atoms with Crippen LogP contribution in [0.2, 0.25) is 0 Å². The van der Waals surface area contributed by atoms with E-state index in [-0.39, 0.29) is 11.8 Å². The third kappa shape index (κ3) is 3.26. The van der Waals surface area contributed by atoms with Crippen LogP contribution >= 0.6 is 31.9 Å². The van der Waals surface area contributed by atoms with Crippen molar-refractivity contribution in [1.82, 2.24) is 4.90 Å². The second-order valence-corrected chi connectivity index (χ2v) is 7.32. The lowest BCUT2D eigenvalue weighted by Gasteiger charge is -2.26. The maximum atomic E-state index is 12.7. The molecule has 6 heteroatoms. The molecule has 0 bridgehead atoms. The molecular weight excluding hydrogens is 438 g/mol. The van der Waals surface area contributed by atoms with E-state index in [1.807, 2.05) is 25.1 Å². The number of carbonyl (C=O) groups is 2. The molecule has 3 rings (SSSR count). The minimum absolute atomic E-state index is 0.303. The van der Waals surface area contributed by atoms with Crippen LogP contribution in [0.4, 0.5) is 0 Å². The van der Waals surface area contributed by atoms with Gasteiger partial charge in [0.2, 0.25) is 0 Å². The lowest BCUT2D eigenvalue weighted by atomic mass is 10.1. The lowest BCUT2D eigenvalue weighted by molar-refractivity contribution is 0.0207. The zero-order chi connectivity index (χ0) is 17.3. The van der Waals surface area contributed by atoms with E-state index in [0.29, 0.717) is 23.3 Å². The monoisotopic (exact) mass is 451 g/mol. The molecule has 0 saturated heterocycles. The summed E-state index contributed by atoms with van der Waals surface area (Å²) < 4.78 is 7.70. The summed E-state index contributed by atoms with van der Waals surface area (Å²) in [7, 11) is 0. The predicted octanol–water partition coefficient (Wildman–Crippen LogP) is 5.01. The Balaban J connectivity index is 1.92. The van der Waals surface area contributed by atoms with Gasteiger partial charge in [-0.3, -0.25) is 9.59 Å². The van der Waals surface area contributed by atoms with Crippen LogP contribution in [0, 0.1) is 0 Å². The summed E-state index contributed by atoms with van der Waals surface area (Å²) in [6.07, 6.45) is 0.714. The number of ether oxygens (including phenoxy) is 1. The summed E-state index contributed by atoms with van der Waals surface area (Å²) in [6.45, 7) is 1.99. The van der Waals surface area contributed by atoms with E-state index in [4.69, 9.17) is 4.74 Å². The highest BCUT2D eigenvalue weighted by molar-refractivity contribution is 9.11. The fraction of sp³-hybridized carbons (Fsp3) is 0.222. The molecule has 0 saturated carbocycles.